The SMILES string of the molecule is COc1cc(CC(O)c2ccccc2)cc(OC)c1. The zero-order valence-corrected chi connectivity index (χ0v) is 11.2. The average Bonchev–Trinajstić information content (AvgIpc) is 2.47. The lowest BCUT2D eigenvalue weighted by Gasteiger charge is -2.13. The number of aliphatic hydroxyl groups excluding tert-OH is 1. The fraction of sp³-hybridized carbons (Fsp3) is 0.250. The summed E-state index contributed by atoms with van der Waals surface area (Å²) in [6, 6.07) is 15.3. The van der Waals surface area contributed by atoms with Gasteiger partial charge in [0.2, 0.25) is 0 Å². The summed E-state index contributed by atoms with van der Waals surface area (Å²) in [5.74, 6) is 1.46. The fourth-order valence-corrected chi connectivity index (χ4v) is 2.00. The second-order valence-corrected chi connectivity index (χ2v) is 4.35. The van der Waals surface area contributed by atoms with E-state index in [0.29, 0.717) is 6.42 Å². The van der Waals surface area contributed by atoms with E-state index in [4.69, 9.17) is 9.47 Å². The first-order chi connectivity index (χ1) is 9.22. The third-order valence-electron chi connectivity index (χ3n) is 3.02. The Balaban J connectivity index is 2.18. The van der Waals surface area contributed by atoms with Gasteiger partial charge in [-0.25, -0.2) is 0 Å². The van der Waals surface area contributed by atoms with Crippen LogP contribution in [0.4, 0.5) is 0 Å². The monoisotopic (exact) mass is 258 g/mol. The number of aliphatic hydroxyl groups is 1. The van der Waals surface area contributed by atoms with Crippen LogP contribution in [-0.2, 0) is 6.42 Å². The zero-order valence-electron chi connectivity index (χ0n) is 11.2. The Morgan fingerprint density at radius 2 is 1.53 bits per heavy atom. The number of ether oxygens (including phenoxy) is 2. The van der Waals surface area contributed by atoms with E-state index in [-0.39, 0.29) is 0 Å². The van der Waals surface area contributed by atoms with Gasteiger partial charge in [0.1, 0.15) is 11.5 Å². The van der Waals surface area contributed by atoms with Crippen LogP contribution >= 0.6 is 0 Å². The van der Waals surface area contributed by atoms with Crippen molar-refractivity contribution in [3.05, 3.63) is 59.7 Å². The Labute approximate surface area is 113 Å². The van der Waals surface area contributed by atoms with Crippen molar-refractivity contribution in [2.45, 2.75) is 12.5 Å². The maximum Gasteiger partial charge on any atom is 0.122 e. The van der Waals surface area contributed by atoms with Crippen LogP contribution in [-0.4, -0.2) is 19.3 Å². The Kier molecular flexibility index (Phi) is 4.42. The van der Waals surface area contributed by atoms with Gasteiger partial charge in [0.05, 0.1) is 20.3 Å². The minimum atomic E-state index is -0.530. The van der Waals surface area contributed by atoms with Crippen molar-refractivity contribution in [1.82, 2.24) is 0 Å². The molecule has 1 N–H and O–H groups in total. The van der Waals surface area contributed by atoms with Gasteiger partial charge in [0, 0.05) is 12.5 Å². The van der Waals surface area contributed by atoms with Gasteiger partial charge < -0.3 is 14.6 Å². The molecule has 0 saturated carbocycles. The highest BCUT2D eigenvalue weighted by molar-refractivity contribution is 5.39. The molecule has 100 valence electrons. The van der Waals surface area contributed by atoms with Crippen molar-refractivity contribution in [2.24, 2.45) is 0 Å². The van der Waals surface area contributed by atoms with Crippen LogP contribution in [0.15, 0.2) is 48.5 Å². The molecule has 0 fully saturated rings. The van der Waals surface area contributed by atoms with Crippen molar-refractivity contribution in [3.63, 3.8) is 0 Å². The van der Waals surface area contributed by atoms with Crippen LogP contribution in [0.2, 0.25) is 0 Å². The van der Waals surface area contributed by atoms with Crippen LogP contribution in [0, 0.1) is 0 Å². The first-order valence-electron chi connectivity index (χ1n) is 6.18. The fourth-order valence-electron chi connectivity index (χ4n) is 2.00. The lowest BCUT2D eigenvalue weighted by molar-refractivity contribution is 0.178. The Hall–Kier alpha value is -2.00. The molecule has 0 amide bonds. The van der Waals surface area contributed by atoms with Crippen LogP contribution in [0.1, 0.15) is 17.2 Å². The highest BCUT2D eigenvalue weighted by Gasteiger charge is 2.10. The van der Waals surface area contributed by atoms with E-state index in [9.17, 15) is 5.11 Å². The van der Waals surface area contributed by atoms with Gasteiger partial charge in [0.15, 0.2) is 0 Å². The summed E-state index contributed by atoms with van der Waals surface area (Å²) in [6.07, 6.45) is -0.00425. The van der Waals surface area contributed by atoms with E-state index in [2.05, 4.69) is 0 Å². The van der Waals surface area contributed by atoms with Crippen LogP contribution in [0.5, 0.6) is 11.5 Å². The van der Waals surface area contributed by atoms with Crippen molar-refractivity contribution >= 4 is 0 Å². The van der Waals surface area contributed by atoms with E-state index in [1.807, 2.05) is 48.5 Å². The highest BCUT2D eigenvalue weighted by atomic mass is 16.5. The van der Waals surface area contributed by atoms with Gasteiger partial charge in [-0.05, 0) is 23.3 Å². The standard InChI is InChI=1S/C16H18O3/c1-18-14-8-12(9-15(11-14)19-2)10-16(17)13-6-4-3-5-7-13/h3-9,11,16-17H,10H2,1-2H3. The Morgan fingerprint density at radius 3 is 2.05 bits per heavy atom. The topological polar surface area (TPSA) is 38.7 Å². The predicted molar refractivity (Wildman–Crippen MR) is 74.7 cm³/mol. The van der Waals surface area contributed by atoms with Crippen molar-refractivity contribution in [2.75, 3.05) is 14.2 Å². The van der Waals surface area contributed by atoms with Gasteiger partial charge in [-0.3, -0.25) is 0 Å². The molecule has 19 heavy (non-hydrogen) atoms. The molecule has 2 rings (SSSR count). The molecule has 0 aliphatic carbocycles. The predicted octanol–water partition coefficient (Wildman–Crippen LogP) is 2.98. The van der Waals surface area contributed by atoms with E-state index in [0.717, 1.165) is 22.6 Å². The molecule has 2 aromatic carbocycles. The maximum absolute atomic E-state index is 10.2. The van der Waals surface area contributed by atoms with Gasteiger partial charge >= 0.3 is 0 Å². The summed E-state index contributed by atoms with van der Waals surface area (Å²) >= 11 is 0. The summed E-state index contributed by atoms with van der Waals surface area (Å²) in [5.41, 5.74) is 1.89. The molecular formula is C16H18O3. The molecule has 0 aliphatic heterocycles. The molecule has 3 nitrogen and oxygen atoms in total. The molecule has 3 heteroatoms. The number of methoxy groups -OCH3 is 2. The number of hydrogen-bond donors (Lipinski definition) is 1. The molecule has 0 saturated heterocycles. The Morgan fingerprint density at radius 1 is 0.947 bits per heavy atom. The summed E-state index contributed by atoms with van der Waals surface area (Å²) in [6.45, 7) is 0. The van der Waals surface area contributed by atoms with E-state index in [1.165, 1.54) is 0 Å². The summed E-state index contributed by atoms with van der Waals surface area (Å²) in [5, 5.41) is 10.2. The third kappa shape index (κ3) is 3.48. The van der Waals surface area contributed by atoms with Crippen molar-refractivity contribution in [1.29, 1.82) is 0 Å². The van der Waals surface area contributed by atoms with Crippen molar-refractivity contribution < 1.29 is 14.6 Å². The van der Waals surface area contributed by atoms with E-state index in [1.54, 1.807) is 14.2 Å². The second-order valence-electron chi connectivity index (χ2n) is 4.35. The van der Waals surface area contributed by atoms with Gasteiger partial charge in [0.25, 0.3) is 0 Å². The van der Waals surface area contributed by atoms with E-state index < -0.39 is 6.10 Å². The quantitative estimate of drug-likeness (QED) is 0.896. The minimum absolute atomic E-state index is 0.525. The largest absolute Gasteiger partial charge is 0.497 e. The zero-order chi connectivity index (χ0) is 13.7. The molecule has 0 aliphatic rings. The second kappa shape index (κ2) is 6.25. The molecule has 0 aromatic heterocycles. The van der Waals surface area contributed by atoms with Gasteiger partial charge in [-0.15, -0.1) is 0 Å². The molecule has 0 heterocycles. The average molecular weight is 258 g/mol. The van der Waals surface area contributed by atoms with E-state index >= 15 is 0 Å². The summed E-state index contributed by atoms with van der Waals surface area (Å²) < 4.78 is 10.4. The lowest BCUT2D eigenvalue weighted by Crippen LogP contribution is -2.02. The summed E-state index contributed by atoms with van der Waals surface area (Å²) in [7, 11) is 3.23. The van der Waals surface area contributed by atoms with Crippen LogP contribution < -0.4 is 9.47 Å². The normalized spacial score (nSPS) is 11.9. The smallest absolute Gasteiger partial charge is 0.122 e. The molecule has 0 spiro atoms. The van der Waals surface area contributed by atoms with Gasteiger partial charge in [-0.2, -0.15) is 0 Å². The third-order valence-corrected chi connectivity index (χ3v) is 3.02. The highest BCUT2D eigenvalue weighted by Crippen LogP contribution is 2.26. The van der Waals surface area contributed by atoms with Gasteiger partial charge in [-0.1, -0.05) is 30.3 Å². The van der Waals surface area contributed by atoms with Crippen LogP contribution in [0.3, 0.4) is 0 Å². The minimum Gasteiger partial charge on any atom is -0.497 e. The number of hydrogen-bond acceptors (Lipinski definition) is 3. The molecule has 0 radical (unpaired) electrons. The molecular weight excluding hydrogens is 240 g/mol. The molecule has 1 unspecified atom stereocenters. The lowest BCUT2D eigenvalue weighted by atomic mass is 10.0. The first kappa shape index (κ1) is 13.4. The maximum atomic E-state index is 10.2. The molecule has 2 aromatic rings. The Bertz CT molecular complexity index is 501. The number of benzene rings is 2. The molecule has 0 bridgehead atoms. The van der Waals surface area contributed by atoms with Crippen LogP contribution in [0.25, 0.3) is 0 Å². The summed E-state index contributed by atoms with van der Waals surface area (Å²) in [4.78, 5) is 0. The number of rotatable bonds is 5. The van der Waals surface area contributed by atoms with Crippen molar-refractivity contribution in [3.8, 4) is 11.5 Å². The molecule has 1 atom stereocenters. The first-order valence-corrected chi connectivity index (χ1v) is 6.18.